The summed E-state index contributed by atoms with van der Waals surface area (Å²) in [6.07, 6.45) is 6.66. The van der Waals surface area contributed by atoms with Gasteiger partial charge in [0, 0.05) is 24.8 Å². The first-order valence-electron chi connectivity index (χ1n) is 6.85. The van der Waals surface area contributed by atoms with Crippen LogP contribution >= 0.6 is 0 Å². The SMILES string of the molecule is CCn1cc(O)c(=O)cc1CN1CCCCCC1. The van der Waals surface area contributed by atoms with Gasteiger partial charge in [-0.15, -0.1) is 0 Å². The molecule has 2 heterocycles. The van der Waals surface area contributed by atoms with Gasteiger partial charge in [-0.2, -0.15) is 0 Å². The molecule has 0 bridgehead atoms. The molecule has 4 heteroatoms. The van der Waals surface area contributed by atoms with Crippen LogP contribution in [-0.4, -0.2) is 27.7 Å². The van der Waals surface area contributed by atoms with Crippen LogP contribution in [0.2, 0.25) is 0 Å². The van der Waals surface area contributed by atoms with E-state index in [0.29, 0.717) is 0 Å². The lowest BCUT2D eigenvalue weighted by Crippen LogP contribution is -2.27. The highest BCUT2D eigenvalue weighted by Crippen LogP contribution is 2.14. The Bertz CT molecular complexity index is 446. The molecule has 0 unspecified atom stereocenters. The zero-order chi connectivity index (χ0) is 13.0. The standard InChI is InChI=1S/C14H22N2O2/c1-2-16-11-14(18)13(17)9-12(16)10-15-7-5-3-4-6-8-15/h9,11,18H,2-8,10H2,1H3. The van der Waals surface area contributed by atoms with E-state index in [4.69, 9.17) is 0 Å². The Kier molecular flexibility index (Phi) is 4.42. The molecule has 4 nitrogen and oxygen atoms in total. The monoisotopic (exact) mass is 250 g/mol. The smallest absolute Gasteiger partial charge is 0.223 e. The van der Waals surface area contributed by atoms with Crippen molar-refractivity contribution in [1.29, 1.82) is 0 Å². The third-order valence-corrected chi connectivity index (χ3v) is 3.62. The van der Waals surface area contributed by atoms with Gasteiger partial charge in [0.1, 0.15) is 0 Å². The van der Waals surface area contributed by atoms with Crippen molar-refractivity contribution in [2.75, 3.05) is 13.1 Å². The second-order valence-corrected chi connectivity index (χ2v) is 4.99. The molecule has 1 aliphatic heterocycles. The second kappa shape index (κ2) is 6.05. The van der Waals surface area contributed by atoms with Crippen LogP contribution in [0.15, 0.2) is 17.1 Å². The van der Waals surface area contributed by atoms with Crippen LogP contribution in [0.5, 0.6) is 5.75 Å². The Hall–Kier alpha value is -1.29. The summed E-state index contributed by atoms with van der Waals surface area (Å²) >= 11 is 0. The molecule has 1 N–H and O–H groups in total. The first kappa shape index (κ1) is 13.1. The molecule has 0 radical (unpaired) electrons. The summed E-state index contributed by atoms with van der Waals surface area (Å²) in [7, 11) is 0. The Morgan fingerprint density at radius 2 is 1.89 bits per heavy atom. The van der Waals surface area contributed by atoms with Gasteiger partial charge in [-0.1, -0.05) is 12.8 Å². The Morgan fingerprint density at radius 3 is 2.50 bits per heavy atom. The number of aromatic hydroxyl groups is 1. The van der Waals surface area contributed by atoms with Crippen LogP contribution in [-0.2, 0) is 13.1 Å². The summed E-state index contributed by atoms with van der Waals surface area (Å²) in [6.45, 7) is 5.83. The molecule has 2 rings (SSSR count). The van der Waals surface area contributed by atoms with Crippen LogP contribution in [0.25, 0.3) is 0 Å². The molecule has 0 aromatic carbocycles. The van der Waals surface area contributed by atoms with Crippen molar-refractivity contribution in [3.05, 3.63) is 28.2 Å². The maximum absolute atomic E-state index is 11.5. The fourth-order valence-electron chi connectivity index (χ4n) is 2.56. The fraction of sp³-hybridized carbons (Fsp3) is 0.643. The van der Waals surface area contributed by atoms with Crippen LogP contribution < -0.4 is 5.43 Å². The highest BCUT2D eigenvalue weighted by molar-refractivity contribution is 5.20. The number of aromatic nitrogens is 1. The van der Waals surface area contributed by atoms with Gasteiger partial charge in [-0.25, -0.2) is 0 Å². The van der Waals surface area contributed by atoms with Crippen LogP contribution in [0.4, 0.5) is 0 Å². The summed E-state index contributed by atoms with van der Waals surface area (Å²) in [4.78, 5) is 13.9. The number of hydrogen-bond acceptors (Lipinski definition) is 3. The number of aryl methyl sites for hydroxylation is 1. The normalized spacial score (nSPS) is 17.6. The first-order valence-corrected chi connectivity index (χ1v) is 6.85. The Labute approximate surface area is 108 Å². The van der Waals surface area contributed by atoms with E-state index in [2.05, 4.69) is 4.90 Å². The minimum atomic E-state index is -0.274. The Morgan fingerprint density at radius 1 is 1.22 bits per heavy atom. The summed E-state index contributed by atoms with van der Waals surface area (Å²) in [5.74, 6) is -0.156. The molecule has 18 heavy (non-hydrogen) atoms. The third kappa shape index (κ3) is 3.13. The van der Waals surface area contributed by atoms with Gasteiger partial charge in [-0.3, -0.25) is 9.69 Å². The minimum Gasteiger partial charge on any atom is -0.503 e. The molecule has 0 saturated carbocycles. The fourth-order valence-corrected chi connectivity index (χ4v) is 2.56. The lowest BCUT2D eigenvalue weighted by atomic mass is 10.2. The number of likely N-dealkylation sites (tertiary alicyclic amines) is 1. The van der Waals surface area contributed by atoms with Gasteiger partial charge in [-0.05, 0) is 32.9 Å². The largest absolute Gasteiger partial charge is 0.503 e. The Balaban J connectivity index is 2.16. The van der Waals surface area contributed by atoms with E-state index < -0.39 is 0 Å². The van der Waals surface area contributed by atoms with Gasteiger partial charge < -0.3 is 9.67 Å². The number of pyridine rings is 1. The molecular weight excluding hydrogens is 228 g/mol. The number of hydrogen-bond donors (Lipinski definition) is 1. The van der Waals surface area contributed by atoms with Crippen LogP contribution in [0, 0.1) is 0 Å². The van der Waals surface area contributed by atoms with Crippen molar-refractivity contribution in [2.24, 2.45) is 0 Å². The minimum absolute atomic E-state index is 0.156. The summed E-state index contributed by atoms with van der Waals surface area (Å²) in [5, 5.41) is 9.46. The van der Waals surface area contributed by atoms with Crippen molar-refractivity contribution in [1.82, 2.24) is 9.47 Å². The first-order chi connectivity index (χ1) is 8.70. The number of rotatable bonds is 3. The summed E-state index contributed by atoms with van der Waals surface area (Å²) in [5.41, 5.74) is 0.728. The second-order valence-electron chi connectivity index (χ2n) is 4.99. The lowest BCUT2D eigenvalue weighted by molar-refractivity contribution is 0.268. The molecule has 1 aromatic heterocycles. The molecule has 1 aromatic rings. The summed E-state index contributed by atoms with van der Waals surface area (Å²) in [6, 6.07) is 1.57. The van der Waals surface area contributed by atoms with Gasteiger partial charge >= 0.3 is 0 Å². The predicted octanol–water partition coefficient (Wildman–Crippen LogP) is 1.95. The highest BCUT2D eigenvalue weighted by atomic mass is 16.3. The van der Waals surface area contributed by atoms with E-state index in [-0.39, 0.29) is 11.2 Å². The van der Waals surface area contributed by atoms with Gasteiger partial charge in [0.2, 0.25) is 5.43 Å². The number of nitrogens with zero attached hydrogens (tertiary/aromatic N) is 2. The average molecular weight is 250 g/mol. The molecule has 0 atom stereocenters. The van der Waals surface area contributed by atoms with Gasteiger partial charge in [0.25, 0.3) is 0 Å². The van der Waals surface area contributed by atoms with Gasteiger partial charge in [0.15, 0.2) is 5.75 Å². The molecule has 100 valence electrons. The summed E-state index contributed by atoms with van der Waals surface area (Å²) < 4.78 is 1.96. The molecule has 1 saturated heterocycles. The van der Waals surface area contributed by atoms with Crippen molar-refractivity contribution in [3.63, 3.8) is 0 Å². The molecule has 1 aliphatic rings. The van der Waals surface area contributed by atoms with E-state index in [1.165, 1.54) is 25.7 Å². The van der Waals surface area contributed by atoms with Crippen molar-refractivity contribution in [2.45, 2.75) is 45.7 Å². The zero-order valence-corrected chi connectivity index (χ0v) is 11.1. The highest BCUT2D eigenvalue weighted by Gasteiger charge is 2.12. The molecule has 0 aliphatic carbocycles. The van der Waals surface area contributed by atoms with Gasteiger partial charge in [0.05, 0.1) is 6.20 Å². The van der Waals surface area contributed by atoms with E-state index in [9.17, 15) is 9.90 Å². The molecule has 0 amide bonds. The average Bonchev–Trinajstić information content (AvgIpc) is 2.62. The van der Waals surface area contributed by atoms with E-state index in [0.717, 1.165) is 31.9 Å². The maximum Gasteiger partial charge on any atom is 0.223 e. The van der Waals surface area contributed by atoms with Crippen molar-refractivity contribution >= 4 is 0 Å². The predicted molar refractivity (Wildman–Crippen MR) is 71.8 cm³/mol. The van der Waals surface area contributed by atoms with Crippen LogP contribution in [0.1, 0.15) is 38.3 Å². The third-order valence-electron chi connectivity index (χ3n) is 3.62. The van der Waals surface area contributed by atoms with Crippen LogP contribution in [0.3, 0.4) is 0 Å². The molecule has 1 fully saturated rings. The zero-order valence-electron chi connectivity index (χ0n) is 11.1. The van der Waals surface area contributed by atoms with Crippen molar-refractivity contribution < 1.29 is 5.11 Å². The lowest BCUT2D eigenvalue weighted by Gasteiger charge is -2.22. The topological polar surface area (TPSA) is 45.5 Å². The quantitative estimate of drug-likeness (QED) is 0.892. The van der Waals surface area contributed by atoms with E-state index in [1.807, 2.05) is 11.5 Å². The molecule has 0 spiro atoms. The maximum atomic E-state index is 11.5. The van der Waals surface area contributed by atoms with Crippen molar-refractivity contribution in [3.8, 4) is 5.75 Å². The molecular formula is C14H22N2O2. The van der Waals surface area contributed by atoms with E-state index in [1.54, 1.807) is 12.3 Å². The van der Waals surface area contributed by atoms with E-state index >= 15 is 0 Å².